The summed E-state index contributed by atoms with van der Waals surface area (Å²) in [5.74, 6) is 0.313. The molecule has 0 saturated carbocycles. The summed E-state index contributed by atoms with van der Waals surface area (Å²) in [7, 11) is -3.38. The van der Waals surface area contributed by atoms with E-state index in [4.69, 9.17) is 5.73 Å². The van der Waals surface area contributed by atoms with Gasteiger partial charge < -0.3 is 11.1 Å². The zero-order valence-electron chi connectivity index (χ0n) is 15.5. The van der Waals surface area contributed by atoms with Crippen LogP contribution in [-0.4, -0.2) is 31.8 Å². The first-order valence-electron chi connectivity index (χ1n) is 9.24. The van der Waals surface area contributed by atoms with E-state index in [2.05, 4.69) is 17.2 Å². The molecule has 3 rings (SSSR count). The Balaban J connectivity index is 1.61. The van der Waals surface area contributed by atoms with Crippen molar-refractivity contribution in [2.75, 3.05) is 18.4 Å². The number of anilines is 1. The Hall–Kier alpha value is -1.90. The molecule has 0 radical (unpaired) electrons. The maximum Gasteiger partial charge on any atom is 0.252 e. The molecule has 1 fully saturated rings. The van der Waals surface area contributed by atoms with Crippen LogP contribution in [0.2, 0.25) is 0 Å². The maximum absolute atomic E-state index is 12.7. The predicted octanol–water partition coefficient (Wildman–Crippen LogP) is 3.41. The molecule has 1 saturated heterocycles. The van der Waals surface area contributed by atoms with Gasteiger partial charge in [0, 0.05) is 23.7 Å². The summed E-state index contributed by atoms with van der Waals surface area (Å²) < 4.78 is 27.4. The van der Waals surface area contributed by atoms with Crippen LogP contribution in [-0.2, 0) is 23.0 Å². The van der Waals surface area contributed by atoms with Gasteiger partial charge in [-0.05, 0) is 49.1 Å². The fraction of sp³-hybridized carbons (Fsp3) is 0.421. The molecule has 6 nitrogen and oxygen atoms in total. The number of guanidine groups is 1. The summed E-state index contributed by atoms with van der Waals surface area (Å²) in [6, 6.07) is 11.5. The van der Waals surface area contributed by atoms with E-state index in [1.165, 1.54) is 16.9 Å². The average molecular weight is 407 g/mol. The number of rotatable bonds is 6. The zero-order chi connectivity index (χ0) is 19.3. The van der Waals surface area contributed by atoms with Crippen LogP contribution >= 0.6 is 11.3 Å². The van der Waals surface area contributed by atoms with Gasteiger partial charge in [-0.15, -0.1) is 11.3 Å². The summed E-state index contributed by atoms with van der Waals surface area (Å²) in [5.41, 5.74) is 8.09. The van der Waals surface area contributed by atoms with Gasteiger partial charge in [0.2, 0.25) is 0 Å². The number of aryl methyl sites for hydroxylation is 1. The summed E-state index contributed by atoms with van der Waals surface area (Å²) in [4.78, 5) is 5.20. The molecule has 0 atom stereocenters. The van der Waals surface area contributed by atoms with E-state index < -0.39 is 10.0 Å². The fourth-order valence-electron chi connectivity index (χ4n) is 2.99. The molecule has 0 aliphatic carbocycles. The van der Waals surface area contributed by atoms with E-state index in [-0.39, 0.29) is 0 Å². The Kier molecular flexibility index (Phi) is 6.51. The van der Waals surface area contributed by atoms with Crippen molar-refractivity contribution in [3.05, 3.63) is 46.8 Å². The lowest BCUT2D eigenvalue weighted by atomic mass is 10.1. The highest BCUT2D eigenvalue weighted by atomic mass is 32.2. The second kappa shape index (κ2) is 8.86. The molecule has 1 aromatic heterocycles. The van der Waals surface area contributed by atoms with Gasteiger partial charge in [-0.1, -0.05) is 25.5 Å². The third-order valence-electron chi connectivity index (χ3n) is 4.59. The summed E-state index contributed by atoms with van der Waals surface area (Å²) in [6.45, 7) is 3.69. The minimum Gasteiger partial charge on any atom is -0.370 e. The van der Waals surface area contributed by atoms with Gasteiger partial charge in [0.05, 0.1) is 6.54 Å². The van der Waals surface area contributed by atoms with Gasteiger partial charge in [-0.25, -0.2) is 13.4 Å². The topological polar surface area (TPSA) is 87.8 Å². The van der Waals surface area contributed by atoms with Crippen LogP contribution in [0.15, 0.2) is 45.6 Å². The van der Waals surface area contributed by atoms with E-state index in [9.17, 15) is 8.42 Å². The number of hydrogen-bond donors (Lipinski definition) is 2. The summed E-state index contributed by atoms with van der Waals surface area (Å²) >= 11 is 1.27. The standard InChI is InChI=1S/C19H26N4O2S2/c1-2-15-6-8-16(9-7-15)22-19(20)21-14-17-10-11-18(26-17)27(24,25)23-12-4-3-5-13-23/h6-11H,2-5,12-14H2,1H3,(H3,20,21,22). The largest absolute Gasteiger partial charge is 0.370 e. The van der Waals surface area contributed by atoms with Crippen molar-refractivity contribution in [1.82, 2.24) is 4.31 Å². The van der Waals surface area contributed by atoms with Gasteiger partial charge in [0.25, 0.3) is 10.0 Å². The van der Waals surface area contributed by atoms with E-state index in [0.717, 1.165) is 36.2 Å². The third kappa shape index (κ3) is 5.09. The number of nitrogens with one attached hydrogen (secondary N) is 1. The van der Waals surface area contributed by atoms with Crippen molar-refractivity contribution >= 4 is 33.0 Å². The SMILES string of the molecule is CCc1ccc(NC(N)=NCc2ccc(S(=O)(=O)N3CCCCC3)s2)cc1. The van der Waals surface area contributed by atoms with Crippen molar-refractivity contribution in [2.45, 2.75) is 43.4 Å². The molecule has 8 heteroatoms. The van der Waals surface area contributed by atoms with Gasteiger partial charge >= 0.3 is 0 Å². The molecular formula is C19H26N4O2S2. The molecule has 27 heavy (non-hydrogen) atoms. The molecule has 1 aliphatic heterocycles. The number of sulfonamides is 1. The quantitative estimate of drug-likeness (QED) is 0.568. The number of thiophene rings is 1. The second-order valence-corrected chi connectivity index (χ2v) is 9.90. The van der Waals surface area contributed by atoms with E-state index >= 15 is 0 Å². The number of aliphatic imine (C=N–C) groups is 1. The highest BCUT2D eigenvalue weighted by molar-refractivity contribution is 7.91. The highest BCUT2D eigenvalue weighted by Crippen LogP contribution is 2.27. The first kappa shape index (κ1) is 19.9. The average Bonchev–Trinajstić information content (AvgIpc) is 3.18. The molecule has 2 aromatic rings. The number of nitrogens with zero attached hydrogens (tertiary/aromatic N) is 2. The Morgan fingerprint density at radius 3 is 2.52 bits per heavy atom. The first-order chi connectivity index (χ1) is 13.0. The fourth-order valence-corrected chi connectivity index (χ4v) is 5.94. The van der Waals surface area contributed by atoms with Crippen LogP contribution in [0, 0.1) is 0 Å². The summed E-state index contributed by atoms with van der Waals surface area (Å²) in [5, 5.41) is 3.06. The van der Waals surface area contributed by atoms with Crippen molar-refractivity contribution in [3.8, 4) is 0 Å². The minimum absolute atomic E-state index is 0.313. The van der Waals surface area contributed by atoms with Gasteiger partial charge in [-0.3, -0.25) is 0 Å². The van der Waals surface area contributed by atoms with Crippen LogP contribution in [0.3, 0.4) is 0 Å². The normalized spacial score (nSPS) is 16.4. The van der Waals surface area contributed by atoms with E-state index in [1.807, 2.05) is 30.3 Å². The number of hydrogen-bond acceptors (Lipinski definition) is 4. The third-order valence-corrected chi connectivity index (χ3v) is 8.02. The monoisotopic (exact) mass is 406 g/mol. The smallest absolute Gasteiger partial charge is 0.252 e. The molecule has 3 N–H and O–H groups in total. The lowest BCUT2D eigenvalue weighted by molar-refractivity contribution is 0.347. The molecule has 1 aromatic carbocycles. The minimum atomic E-state index is -3.38. The molecule has 2 heterocycles. The van der Waals surface area contributed by atoms with Crippen molar-refractivity contribution in [2.24, 2.45) is 10.7 Å². The van der Waals surface area contributed by atoms with Crippen LogP contribution in [0.25, 0.3) is 0 Å². The van der Waals surface area contributed by atoms with Crippen molar-refractivity contribution in [1.29, 1.82) is 0 Å². The molecule has 0 bridgehead atoms. The highest BCUT2D eigenvalue weighted by Gasteiger charge is 2.27. The Morgan fingerprint density at radius 2 is 1.85 bits per heavy atom. The van der Waals surface area contributed by atoms with Crippen LogP contribution in [0.4, 0.5) is 5.69 Å². The lowest BCUT2D eigenvalue weighted by Gasteiger charge is -2.25. The Bertz CT molecular complexity index is 883. The molecule has 0 amide bonds. The van der Waals surface area contributed by atoms with Crippen LogP contribution in [0.1, 0.15) is 36.6 Å². The number of piperidine rings is 1. The molecular weight excluding hydrogens is 380 g/mol. The van der Waals surface area contributed by atoms with Gasteiger partial charge in [0.1, 0.15) is 4.21 Å². The molecule has 0 unspecified atom stereocenters. The number of benzene rings is 1. The zero-order valence-corrected chi connectivity index (χ0v) is 17.2. The van der Waals surface area contributed by atoms with Gasteiger partial charge in [-0.2, -0.15) is 4.31 Å². The van der Waals surface area contributed by atoms with Gasteiger partial charge in [0.15, 0.2) is 5.96 Å². The summed E-state index contributed by atoms with van der Waals surface area (Å²) in [6.07, 6.45) is 3.96. The first-order valence-corrected chi connectivity index (χ1v) is 11.5. The van der Waals surface area contributed by atoms with Crippen LogP contribution < -0.4 is 11.1 Å². The predicted molar refractivity (Wildman–Crippen MR) is 112 cm³/mol. The molecule has 0 spiro atoms. The Morgan fingerprint density at radius 1 is 1.15 bits per heavy atom. The number of nitrogens with two attached hydrogens (primary N) is 1. The second-order valence-electron chi connectivity index (χ2n) is 6.56. The van der Waals surface area contributed by atoms with Crippen LogP contribution in [0.5, 0.6) is 0 Å². The molecule has 1 aliphatic rings. The van der Waals surface area contributed by atoms with E-state index in [1.54, 1.807) is 10.4 Å². The van der Waals surface area contributed by atoms with Crippen molar-refractivity contribution in [3.63, 3.8) is 0 Å². The molecule has 146 valence electrons. The van der Waals surface area contributed by atoms with Crippen molar-refractivity contribution < 1.29 is 8.42 Å². The Labute approximate surface area is 165 Å². The lowest BCUT2D eigenvalue weighted by Crippen LogP contribution is -2.35. The van der Waals surface area contributed by atoms with E-state index in [0.29, 0.717) is 29.8 Å². The maximum atomic E-state index is 12.7.